The minimum absolute atomic E-state index is 0.253. The van der Waals surface area contributed by atoms with Crippen LogP contribution in [0.3, 0.4) is 0 Å². The molecule has 0 unspecified atom stereocenters. The number of imidazole rings is 1. The summed E-state index contributed by atoms with van der Waals surface area (Å²) in [7, 11) is 3.38. The lowest BCUT2D eigenvalue weighted by molar-refractivity contribution is -0.131. The number of carboxylic acid groups (broad SMARTS) is 1. The molecule has 0 saturated carbocycles. The zero-order valence-electron chi connectivity index (χ0n) is 13.0. The highest BCUT2D eigenvalue weighted by Crippen LogP contribution is 2.19. The number of hydrogen-bond acceptors (Lipinski definition) is 4. The average molecular weight is 342 g/mol. The van der Waals surface area contributed by atoms with Crippen LogP contribution in [0.5, 0.6) is 0 Å². The highest BCUT2D eigenvalue weighted by Gasteiger charge is 2.12. The number of carboxylic acids is 1. The second kappa shape index (κ2) is 5.89. The lowest BCUT2D eigenvalue weighted by atomic mass is 10.1. The number of aryl methyl sites for hydroxylation is 1. The van der Waals surface area contributed by atoms with Crippen LogP contribution < -0.4 is 5.56 Å². The Morgan fingerprint density at radius 3 is 2.54 bits per heavy atom. The standard InChI is InChI=1S/C16H14N4O3S/c1-19-14-12(15(23)20(2)16(19)24)17-13(18-14)10-6-3-9(4-7-10)5-8-11(21)22/h3-8H,1-2H3,(H,17,18)(H,21,22)/b8-5+. The van der Waals surface area contributed by atoms with E-state index in [1.165, 1.54) is 10.6 Å². The van der Waals surface area contributed by atoms with E-state index >= 15 is 0 Å². The zero-order valence-corrected chi connectivity index (χ0v) is 13.8. The highest BCUT2D eigenvalue weighted by atomic mass is 32.1. The van der Waals surface area contributed by atoms with E-state index in [4.69, 9.17) is 17.3 Å². The van der Waals surface area contributed by atoms with E-state index in [2.05, 4.69) is 9.97 Å². The number of H-pyrrole nitrogens is 1. The predicted octanol–water partition coefficient (Wildman–Crippen LogP) is 2.09. The maximum Gasteiger partial charge on any atom is 0.328 e. The van der Waals surface area contributed by atoms with Crippen LogP contribution in [0, 0.1) is 4.77 Å². The molecule has 8 heteroatoms. The van der Waals surface area contributed by atoms with Crippen molar-refractivity contribution in [2.45, 2.75) is 0 Å². The van der Waals surface area contributed by atoms with Crippen LogP contribution in [0.2, 0.25) is 0 Å². The van der Waals surface area contributed by atoms with Crippen molar-refractivity contribution in [2.24, 2.45) is 14.1 Å². The monoisotopic (exact) mass is 342 g/mol. The molecule has 0 atom stereocenters. The fourth-order valence-corrected chi connectivity index (χ4v) is 2.55. The largest absolute Gasteiger partial charge is 0.478 e. The summed E-state index contributed by atoms with van der Waals surface area (Å²) in [6.45, 7) is 0. The normalized spacial score (nSPS) is 11.4. The molecule has 24 heavy (non-hydrogen) atoms. The molecule has 2 N–H and O–H groups in total. The fourth-order valence-electron chi connectivity index (χ4n) is 2.38. The SMILES string of the molecule is Cn1c(=O)c2nc(-c3ccc(/C=C/C(=O)O)cc3)[nH]c2n(C)c1=S. The molecule has 0 spiro atoms. The number of nitrogens with one attached hydrogen (secondary N) is 1. The fraction of sp³-hybridized carbons (Fsp3) is 0.125. The van der Waals surface area contributed by atoms with Crippen molar-refractivity contribution in [3.63, 3.8) is 0 Å². The van der Waals surface area contributed by atoms with Crippen molar-refractivity contribution >= 4 is 35.4 Å². The van der Waals surface area contributed by atoms with Crippen LogP contribution in [0.1, 0.15) is 5.56 Å². The number of hydrogen-bond donors (Lipinski definition) is 2. The van der Waals surface area contributed by atoms with Crippen LogP contribution in [-0.2, 0) is 18.9 Å². The van der Waals surface area contributed by atoms with E-state index in [1.54, 1.807) is 42.9 Å². The Bertz CT molecular complexity index is 1090. The number of carbonyl (C=O) groups is 1. The first kappa shape index (κ1) is 15.9. The first-order valence-corrected chi connectivity index (χ1v) is 7.46. The van der Waals surface area contributed by atoms with E-state index in [0.29, 0.717) is 21.8 Å². The summed E-state index contributed by atoms with van der Waals surface area (Å²) in [5.41, 5.74) is 2.17. The van der Waals surface area contributed by atoms with Gasteiger partial charge in [-0.15, -0.1) is 0 Å². The lowest BCUT2D eigenvalue weighted by Gasteiger charge is -2.03. The second-order valence-electron chi connectivity index (χ2n) is 5.28. The highest BCUT2D eigenvalue weighted by molar-refractivity contribution is 7.71. The van der Waals surface area contributed by atoms with Gasteiger partial charge in [-0.3, -0.25) is 9.36 Å². The zero-order chi connectivity index (χ0) is 17.4. The molecule has 1 aromatic carbocycles. The minimum atomic E-state index is -1.00. The van der Waals surface area contributed by atoms with Crippen molar-refractivity contribution in [3.8, 4) is 11.4 Å². The molecule has 2 aromatic heterocycles. The molecule has 3 rings (SSSR count). The van der Waals surface area contributed by atoms with Gasteiger partial charge in [0.05, 0.1) is 0 Å². The third-order valence-corrected chi connectivity index (χ3v) is 4.25. The Morgan fingerprint density at radius 1 is 1.25 bits per heavy atom. The number of fused-ring (bicyclic) bond motifs is 1. The third kappa shape index (κ3) is 2.67. The molecule has 0 radical (unpaired) electrons. The summed E-state index contributed by atoms with van der Waals surface area (Å²) in [4.78, 5) is 30.3. The molecule has 122 valence electrons. The first-order valence-electron chi connectivity index (χ1n) is 7.05. The van der Waals surface area contributed by atoms with Crippen molar-refractivity contribution in [3.05, 3.63) is 51.0 Å². The van der Waals surface area contributed by atoms with Gasteiger partial charge < -0.3 is 14.7 Å². The Morgan fingerprint density at radius 2 is 1.92 bits per heavy atom. The van der Waals surface area contributed by atoms with Gasteiger partial charge in [0.25, 0.3) is 5.56 Å². The van der Waals surface area contributed by atoms with Crippen molar-refractivity contribution in [1.82, 2.24) is 19.1 Å². The molecule has 0 aliphatic carbocycles. The van der Waals surface area contributed by atoms with E-state index in [1.807, 2.05) is 0 Å². The summed E-state index contributed by atoms with van der Waals surface area (Å²) in [6.07, 6.45) is 2.58. The van der Waals surface area contributed by atoms with E-state index in [9.17, 15) is 9.59 Å². The second-order valence-corrected chi connectivity index (χ2v) is 5.65. The summed E-state index contributed by atoms with van der Waals surface area (Å²) in [6, 6.07) is 7.16. The van der Waals surface area contributed by atoms with E-state index < -0.39 is 5.97 Å². The van der Waals surface area contributed by atoms with Crippen molar-refractivity contribution < 1.29 is 9.90 Å². The molecule has 0 fully saturated rings. The number of benzene rings is 1. The third-order valence-electron chi connectivity index (χ3n) is 3.70. The van der Waals surface area contributed by atoms with Gasteiger partial charge in [0.2, 0.25) is 0 Å². The molecular formula is C16H14N4O3S. The molecule has 0 aliphatic rings. The Kier molecular flexibility index (Phi) is 3.90. The van der Waals surface area contributed by atoms with Crippen LogP contribution in [0.25, 0.3) is 28.6 Å². The first-order chi connectivity index (χ1) is 11.4. The van der Waals surface area contributed by atoms with Crippen molar-refractivity contribution in [1.29, 1.82) is 0 Å². The molecule has 0 saturated heterocycles. The molecule has 0 aliphatic heterocycles. The average Bonchev–Trinajstić information content (AvgIpc) is 3.02. The summed E-state index contributed by atoms with van der Waals surface area (Å²) in [5.74, 6) is -0.452. The van der Waals surface area contributed by atoms with Crippen LogP contribution in [0.15, 0.2) is 35.1 Å². The van der Waals surface area contributed by atoms with Gasteiger partial charge in [0.1, 0.15) is 11.5 Å². The van der Waals surface area contributed by atoms with Gasteiger partial charge in [0.15, 0.2) is 10.3 Å². The molecule has 0 amide bonds. The van der Waals surface area contributed by atoms with Gasteiger partial charge in [-0.2, -0.15) is 0 Å². The number of aliphatic carboxylic acids is 1. The van der Waals surface area contributed by atoms with Gasteiger partial charge in [-0.05, 0) is 23.9 Å². The van der Waals surface area contributed by atoms with Crippen LogP contribution in [-0.4, -0.2) is 30.2 Å². The van der Waals surface area contributed by atoms with Crippen molar-refractivity contribution in [2.75, 3.05) is 0 Å². The van der Waals surface area contributed by atoms with Gasteiger partial charge >= 0.3 is 5.97 Å². The summed E-state index contributed by atoms with van der Waals surface area (Å²) < 4.78 is 3.48. The van der Waals surface area contributed by atoms with Gasteiger partial charge in [-0.25, -0.2) is 9.78 Å². The summed E-state index contributed by atoms with van der Waals surface area (Å²) in [5, 5.41) is 8.64. The molecule has 7 nitrogen and oxygen atoms in total. The maximum atomic E-state index is 12.3. The predicted molar refractivity (Wildman–Crippen MR) is 93.2 cm³/mol. The molecular weight excluding hydrogens is 328 g/mol. The smallest absolute Gasteiger partial charge is 0.328 e. The molecule has 2 heterocycles. The Labute approximate surface area is 141 Å². The number of aromatic amines is 1. The molecule has 3 aromatic rings. The Balaban J connectivity index is 2.09. The molecule has 0 bridgehead atoms. The number of aromatic nitrogens is 4. The minimum Gasteiger partial charge on any atom is -0.478 e. The van der Waals surface area contributed by atoms with E-state index in [0.717, 1.165) is 17.2 Å². The lowest BCUT2D eigenvalue weighted by Crippen LogP contribution is -2.21. The maximum absolute atomic E-state index is 12.3. The van der Waals surface area contributed by atoms with Gasteiger partial charge in [0, 0.05) is 25.7 Å². The van der Waals surface area contributed by atoms with Crippen LogP contribution >= 0.6 is 12.2 Å². The van der Waals surface area contributed by atoms with Gasteiger partial charge in [-0.1, -0.05) is 24.3 Å². The topological polar surface area (TPSA) is 92.9 Å². The van der Waals surface area contributed by atoms with E-state index in [-0.39, 0.29) is 5.56 Å². The number of nitrogens with zero attached hydrogens (tertiary/aromatic N) is 3. The number of rotatable bonds is 3. The quantitative estimate of drug-likeness (QED) is 0.562. The van der Waals surface area contributed by atoms with Crippen LogP contribution in [0.4, 0.5) is 0 Å². The summed E-state index contributed by atoms with van der Waals surface area (Å²) >= 11 is 5.23. The Hall–Kier alpha value is -3.00.